The molecular formula is C23H35ClO4. The van der Waals surface area contributed by atoms with Gasteiger partial charge in [0.25, 0.3) is 5.24 Å². The fourth-order valence-corrected chi connectivity index (χ4v) is 3.32. The zero-order valence-corrected chi connectivity index (χ0v) is 18.4. The van der Waals surface area contributed by atoms with Crippen LogP contribution in [0.1, 0.15) is 90.0 Å². The third kappa shape index (κ3) is 10.7. The van der Waals surface area contributed by atoms with Gasteiger partial charge in [0.1, 0.15) is 11.5 Å². The molecule has 4 nitrogen and oxygen atoms in total. The van der Waals surface area contributed by atoms with Gasteiger partial charge in [0, 0.05) is 6.92 Å². The van der Waals surface area contributed by atoms with Crippen LogP contribution in [-0.2, 0) is 9.59 Å². The molecule has 0 bridgehead atoms. The maximum absolute atomic E-state index is 11.7. The predicted octanol–water partition coefficient (Wildman–Crippen LogP) is 6.74. The van der Waals surface area contributed by atoms with Crippen molar-refractivity contribution in [3.63, 3.8) is 0 Å². The van der Waals surface area contributed by atoms with E-state index in [0.29, 0.717) is 17.9 Å². The lowest BCUT2D eigenvalue weighted by Crippen LogP contribution is -2.23. The first-order valence-corrected chi connectivity index (χ1v) is 11.0. The van der Waals surface area contributed by atoms with Crippen LogP contribution in [0.25, 0.3) is 0 Å². The van der Waals surface area contributed by atoms with Crippen LogP contribution in [0.15, 0.2) is 18.2 Å². The number of unbranched alkanes of at least 4 members (excludes halogenated alkanes) is 9. The minimum Gasteiger partial charge on any atom is -0.481 e. The Bertz CT molecular complexity index is 600. The van der Waals surface area contributed by atoms with Gasteiger partial charge in [-0.1, -0.05) is 64.7 Å². The van der Waals surface area contributed by atoms with Gasteiger partial charge in [0.05, 0.1) is 0 Å². The lowest BCUT2D eigenvalue weighted by atomic mass is 10.0. The molecule has 0 heterocycles. The number of rotatable bonds is 15. The Balaban J connectivity index is 2.31. The summed E-state index contributed by atoms with van der Waals surface area (Å²) in [7, 11) is 0. The Labute approximate surface area is 174 Å². The minimum atomic E-state index is -0.644. The highest BCUT2D eigenvalue weighted by Crippen LogP contribution is 2.25. The normalized spacial score (nSPS) is 11.9. The van der Waals surface area contributed by atoms with Crippen LogP contribution in [0.2, 0.25) is 0 Å². The van der Waals surface area contributed by atoms with Crippen LogP contribution in [-0.4, -0.2) is 17.3 Å². The van der Waals surface area contributed by atoms with Gasteiger partial charge in [0.15, 0.2) is 6.10 Å². The van der Waals surface area contributed by atoms with E-state index < -0.39 is 11.3 Å². The Hall–Kier alpha value is -1.55. The second-order valence-electron chi connectivity index (χ2n) is 7.40. The molecule has 5 heteroatoms. The molecule has 0 aliphatic rings. The number of carbonyl (C=O) groups excluding carboxylic acids is 2. The molecule has 0 N–H and O–H groups in total. The summed E-state index contributed by atoms with van der Waals surface area (Å²) in [6.45, 7) is 5.42. The smallest absolute Gasteiger partial charge is 0.308 e. The number of hydrogen-bond acceptors (Lipinski definition) is 4. The molecule has 0 fully saturated rings. The highest BCUT2D eigenvalue weighted by atomic mass is 35.5. The summed E-state index contributed by atoms with van der Waals surface area (Å²) in [6.07, 6.45) is 12.4. The third-order valence-corrected chi connectivity index (χ3v) is 4.99. The zero-order valence-electron chi connectivity index (χ0n) is 17.6. The number of benzene rings is 1. The molecule has 0 saturated heterocycles. The summed E-state index contributed by atoms with van der Waals surface area (Å²) in [5.74, 6) is 0.675. The van der Waals surface area contributed by atoms with Gasteiger partial charge in [-0.3, -0.25) is 9.59 Å². The van der Waals surface area contributed by atoms with E-state index in [2.05, 4.69) is 6.92 Å². The van der Waals surface area contributed by atoms with Crippen LogP contribution in [0.3, 0.4) is 0 Å². The minimum absolute atomic E-state index is 0.369. The molecule has 28 heavy (non-hydrogen) atoms. The van der Waals surface area contributed by atoms with E-state index in [1.165, 1.54) is 58.3 Å². The van der Waals surface area contributed by atoms with Crippen molar-refractivity contribution in [1.82, 2.24) is 0 Å². The molecule has 0 aromatic heterocycles. The Morgan fingerprint density at radius 3 is 2.04 bits per heavy atom. The highest BCUT2D eigenvalue weighted by Gasteiger charge is 2.18. The molecule has 0 radical (unpaired) electrons. The highest BCUT2D eigenvalue weighted by molar-refractivity contribution is 6.64. The standard InChI is InChI=1S/C23H35ClO4/c1-4-5-6-7-8-9-10-11-12-13-14-22(23(24)26)28-20-15-16-21(18(2)17-20)27-19(3)25/h15-17,22H,4-14H2,1-3H3. The van der Waals surface area contributed by atoms with Gasteiger partial charge in [-0.2, -0.15) is 0 Å². The van der Waals surface area contributed by atoms with E-state index in [4.69, 9.17) is 21.1 Å². The van der Waals surface area contributed by atoms with E-state index in [-0.39, 0.29) is 5.97 Å². The van der Waals surface area contributed by atoms with E-state index in [1.54, 1.807) is 18.2 Å². The van der Waals surface area contributed by atoms with Crippen molar-refractivity contribution in [2.45, 2.75) is 97.5 Å². The lowest BCUT2D eigenvalue weighted by molar-refractivity contribution is -0.131. The molecular weight excluding hydrogens is 376 g/mol. The summed E-state index contributed by atoms with van der Waals surface area (Å²) in [5.41, 5.74) is 0.771. The topological polar surface area (TPSA) is 52.6 Å². The SMILES string of the molecule is CCCCCCCCCCCCC(Oc1ccc(OC(C)=O)c(C)c1)C(=O)Cl. The summed E-state index contributed by atoms with van der Waals surface area (Å²) >= 11 is 5.72. The fourth-order valence-electron chi connectivity index (χ4n) is 3.16. The monoisotopic (exact) mass is 410 g/mol. The maximum atomic E-state index is 11.7. The summed E-state index contributed by atoms with van der Waals surface area (Å²) in [6, 6.07) is 5.11. The molecule has 1 aromatic rings. The number of carbonyl (C=O) groups is 2. The molecule has 0 amide bonds. The van der Waals surface area contributed by atoms with Crippen molar-refractivity contribution in [3.05, 3.63) is 23.8 Å². The molecule has 1 unspecified atom stereocenters. The van der Waals surface area contributed by atoms with Crippen LogP contribution in [0.5, 0.6) is 11.5 Å². The Morgan fingerprint density at radius 1 is 0.964 bits per heavy atom. The average molecular weight is 411 g/mol. The van der Waals surface area contributed by atoms with Crippen molar-refractivity contribution in [1.29, 1.82) is 0 Å². The van der Waals surface area contributed by atoms with Crippen molar-refractivity contribution in [2.24, 2.45) is 0 Å². The molecule has 0 aliphatic heterocycles. The Kier molecular flexibility index (Phi) is 12.6. The first-order valence-electron chi connectivity index (χ1n) is 10.6. The second-order valence-corrected chi connectivity index (χ2v) is 7.77. The van der Waals surface area contributed by atoms with Crippen LogP contribution in [0.4, 0.5) is 0 Å². The number of aryl methyl sites for hydroxylation is 1. The van der Waals surface area contributed by atoms with Gasteiger partial charge >= 0.3 is 5.97 Å². The Morgan fingerprint density at radius 2 is 1.54 bits per heavy atom. The number of halogens is 1. The van der Waals surface area contributed by atoms with Gasteiger partial charge in [-0.05, 0) is 55.1 Å². The first-order chi connectivity index (χ1) is 13.4. The van der Waals surface area contributed by atoms with Gasteiger partial charge in [-0.25, -0.2) is 0 Å². The predicted molar refractivity (Wildman–Crippen MR) is 114 cm³/mol. The molecule has 0 saturated carbocycles. The molecule has 0 spiro atoms. The van der Waals surface area contributed by atoms with Gasteiger partial charge < -0.3 is 9.47 Å². The van der Waals surface area contributed by atoms with Gasteiger partial charge in [0.2, 0.25) is 0 Å². The number of esters is 1. The quantitative estimate of drug-likeness (QED) is 0.139. The van der Waals surface area contributed by atoms with E-state index in [0.717, 1.165) is 18.4 Å². The summed E-state index contributed by atoms with van der Waals surface area (Å²) in [4.78, 5) is 22.8. The number of ether oxygens (including phenoxy) is 2. The van der Waals surface area contributed by atoms with Crippen LogP contribution in [0, 0.1) is 6.92 Å². The van der Waals surface area contributed by atoms with E-state index in [1.807, 2.05) is 6.92 Å². The summed E-state index contributed by atoms with van der Waals surface area (Å²) in [5, 5.41) is -0.474. The molecule has 158 valence electrons. The largest absolute Gasteiger partial charge is 0.481 e. The summed E-state index contributed by atoms with van der Waals surface area (Å²) < 4.78 is 10.9. The first kappa shape index (κ1) is 24.5. The lowest BCUT2D eigenvalue weighted by Gasteiger charge is -2.16. The van der Waals surface area contributed by atoms with Crippen molar-refractivity contribution < 1.29 is 19.1 Å². The molecule has 1 aromatic carbocycles. The van der Waals surface area contributed by atoms with Crippen molar-refractivity contribution >= 4 is 22.8 Å². The van der Waals surface area contributed by atoms with Crippen LogP contribution < -0.4 is 9.47 Å². The van der Waals surface area contributed by atoms with Crippen molar-refractivity contribution in [2.75, 3.05) is 0 Å². The van der Waals surface area contributed by atoms with E-state index >= 15 is 0 Å². The maximum Gasteiger partial charge on any atom is 0.308 e. The van der Waals surface area contributed by atoms with E-state index in [9.17, 15) is 9.59 Å². The number of hydrogen-bond donors (Lipinski definition) is 0. The van der Waals surface area contributed by atoms with Crippen LogP contribution >= 0.6 is 11.6 Å². The van der Waals surface area contributed by atoms with Crippen molar-refractivity contribution in [3.8, 4) is 11.5 Å². The molecule has 0 aliphatic carbocycles. The fraction of sp³-hybridized carbons (Fsp3) is 0.652. The third-order valence-electron chi connectivity index (χ3n) is 4.75. The molecule has 1 rings (SSSR count). The zero-order chi connectivity index (χ0) is 20.8. The molecule has 1 atom stereocenters. The van der Waals surface area contributed by atoms with Gasteiger partial charge in [-0.15, -0.1) is 0 Å². The second kappa shape index (κ2) is 14.4. The average Bonchev–Trinajstić information content (AvgIpc) is 2.64.